The van der Waals surface area contributed by atoms with Crippen molar-refractivity contribution < 1.29 is 0 Å². The predicted octanol–water partition coefficient (Wildman–Crippen LogP) is 3.50. The third kappa shape index (κ3) is 2.48. The molecule has 0 spiro atoms. The predicted molar refractivity (Wildman–Crippen MR) is 58.8 cm³/mol. The second-order valence-electron chi connectivity index (χ2n) is 2.89. The molecule has 13 heavy (non-hydrogen) atoms. The maximum Gasteiger partial charge on any atom is 0.0413 e. The lowest BCUT2D eigenvalue weighted by Crippen LogP contribution is -1.97. The summed E-state index contributed by atoms with van der Waals surface area (Å²) in [5.41, 5.74) is 3.41. The van der Waals surface area contributed by atoms with E-state index < -0.39 is 0 Å². The zero-order valence-electron chi connectivity index (χ0n) is 8.17. The lowest BCUT2D eigenvalue weighted by molar-refractivity contribution is 1.38. The van der Waals surface area contributed by atoms with Gasteiger partial charge in [-0.15, -0.1) is 0 Å². The SMILES string of the molecule is C=C/C(=C\C)Nc1ccccc1C. The second-order valence-corrected chi connectivity index (χ2v) is 2.89. The first kappa shape index (κ1) is 9.59. The Kier molecular flexibility index (Phi) is 3.32. The molecule has 1 nitrogen and oxygen atoms in total. The van der Waals surface area contributed by atoms with Crippen LogP contribution in [0.15, 0.2) is 48.7 Å². The van der Waals surface area contributed by atoms with Gasteiger partial charge in [-0.2, -0.15) is 0 Å². The van der Waals surface area contributed by atoms with Crippen molar-refractivity contribution in [3.05, 3.63) is 54.3 Å². The van der Waals surface area contributed by atoms with Gasteiger partial charge in [0.25, 0.3) is 0 Å². The Labute approximate surface area is 79.8 Å². The van der Waals surface area contributed by atoms with Gasteiger partial charge in [-0.1, -0.05) is 30.9 Å². The topological polar surface area (TPSA) is 12.0 Å². The van der Waals surface area contributed by atoms with Crippen LogP contribution in [0.4, 0.5) is 5.69 Å². The highest BCUT2D eigenvalue weighted by Gasteiger charge is 1.95. The van der Waals surface area contributed by atoms with Crippen molar-refractivity contribution in [1.82, 2.24) is 0 Å². The van der Waals surface area contributed by atoms with Crippen molar-refractivity contribution in [2.75, 3.05) is 5.32 Å². The highest BCUT2D eigenvalue weighted by atomic mass is 14.9. The molecule has 1 N–H and O–H groups in total. The minimum Gasteiger partial charge on any atom is -0.356 e. The molecule has 0 heterocycles. The Morgan fingerprint density at radius 3 is 2.62 bits per heavy atom. The summed E-state index contributed by atoms with van der Waals surface area (Å²) in [6.07, 6.45) is 3.81. The van der Waals surface area contributed by atoms with Crippen molar-refractivity contribution in [2.45, 2.75) is 13.8 Å². The van der Waals surface area contributed by atoms with Gasteiger partial charge in [0.05, 0.1) is 0 Å². The van der Waals surface area contributed by atoms with Crippen LogP contribution >= 0.6 is 0 Å². The van der Waals surface area contributed by atoms with E-state index >= 15 is 0 Å². The molecular weight excluding hydrogens is 158 g/mol. The molecule has 0 amide bonds. The minimum absolute atomic E-state index is 1.04. The number of hydrogen-bond acceptors (Lipinski definition) is 1. The van der Waals surface area contributed by atoms with E-state index in [9.17, 15) is 0 Å². The van der Waals surface area contributed by atoms with Crippen molar-refractivity contribution in [3.63, 3.8) is 0 Å². The molecule has 1 aromatic carbocycles. The summed E-state index contributed by atoms with van der Waals surface area (Å²) in [7, 11) is 0. The van der Waals surface area contributed by atoms with E-state index in [0.29, 0.717) is 0 Å². The fourth-order valence-electron chi connectivity index (χ4n) is 1.11. The maximum absolute atomic E-state index is 3.73. The van der Waals surface area contributed by atoms with Crippen LogP contribution in [0.1, 0.15) is 12.5 Å². The zero-order chi connectivity index (χ0) is 9.68. The first-order chi connectivity index (χ1) is 6.27. The van der Waals surface area contributed by atoms with Crippen LogP contribution in [0, 0.1) is 6.92 Å². The Balaban J connectivity index is 2.85. The molecule has 1 heteroatoms. The summed E-state index contributed by atoms with van der Waals surface area (Å²) < 4.78 is 0. The van der Waals surface area contributed by atoms with Crippen molar-refractivity contribution >= 4 is 5.69 Å². The molecule has 0 unspecified atom stereocenters. The van der Waals surface area contributed by atoms with Crippen LogP contribution in [0.25, 0.3) is 0 Å². The van der Waals surface area contributed by atoms with Crippen molar-refractivity contribution in [2.24, 2.45) is 0 Å². The molecule has 0 bridgehead atoms. The quantitative estimate of drug-likeness (QED) is 0.690. The first-order valence-electron chi connectivity index (χ1n) is 4.39. The van der Waals surface area contributed by atoms with E-state index in [1.165, 1.54) is 5.56 Å². The van der Waals surface area contributed by atoms with Crippen LogP contribution in [0.3, 0.4) is 0 Å². The number of benzene rings is 1. The van der Waals surface area contributed by atoms with Crippen LogP contribution in [0.5, 0.6) is 0 Å². The van der Waals surface area contributed by atoms with Gasteiger partial charge in [0.15, 0.2) is 0 Å². The third-order valence-corrected chi connectivity index (χ3v) is 1.95. The summed E-state index contributed by atoms with van der Waals surface area (Å²) in [6, 6.07) is 8.19. The Morgan fingerprint density at radius 1 is 1.38 bits per heavy atom. The maximum atomic E-state index is 3.73. The molecule has 0 aromatic heterocycles. The van der Waals surface area contributed by atoms with Crippen molar-refractivity contribution in [1.29, 1.82) is 0 Å². The smallest absolute Gasteiger partial charge is 0.0413 e. The monoisotopic (exact) mass is 173 g/mol. The van der Waals surface area contributed by atoms with E-state index in [1.54, 1.807) is 0 Å². The van der Waals surface area contributed by atoms with E-state index in [-0.39, 0.29) is 0 Å². The number of nitrogens with one attached hydrogen (secondary N) is 1. The number of para-hydroxylation sites is 1. The molecule has 68 valence electrons. The van der Waals surface area contributed by atoms with E-state index in [1.807, 2.05) is 31.2 Å². The van der Waals surface area contributed by atoms with Crippen molar-refractivity contribution in [3.8, 4) is 0 Å². The van der Waals surface area contributed by atoms with E-state index in [4.69, 9.17) is 0 Å². The summed E-state index contributed by atoms with van der Waals surface area (Å²) in [6.45, 7) is 7.80. The molecule has 0 saturated carbocycles. The molecule has 1 rings (SSSR count). The molecular formula is C12H15N. The number of rotatable bonds is 3. The van der Waals surface area contributed by atoms with Crippen LogP contribution in [-0.2, 0) is 0 Å². The van der Waals surface area contributed by atoms with Gasteiger partial charge in [-0.25, -0.2) is 0 Å². The average molecular weight is 173 g/mol. The van der Waals surface area contributed by atoms with Gasteiger partial charge < -0.3 is 5.32 Å². The van der Waals surface area contributed by atoms with Crippen LogP contribution < -0.4 is 5.32 Å². The summed E-state index contributed by atoms with van der Waals surface area (Å²) in [5, 5.41) is 3.29. The Bertz CT molecular complexity index is 324. The molecule has 0 saturated heterocycles. The second kappa shape index (κ2) is 4.51. The van der Waals surface area contributed by atoms with Gasteiger partial charge in [-0.05, 0) is 31.6 Å². The normalized spacial score (nSPS) is 11.1. The van der Waals surface area contributed by atoms with Gasteiger partial charge in [0.2, 0.25) is 0 Å². The number of anilines is 1. The third-order valence-electron chi connectivity index (χ3n) is 1.95. The molecule has 0 atom stereocenters. The van der Waals surface area contributed by atoms with Crippen LogP contribution in [0.2, 0.25) is 0 Å². The molecule has 1 aromatic rings. The van der Waals surface area contributed by atoms with E-state index in [0.717, 1.165) is 11.4 Å². The van der Waals surface area contributed by atoms with Gasteiger partial charge >= 0.3 is 0 Å². The summed E-state index contributed by atoms with van der Waals surface area (Å²) in [5.74, 6) is 0. The lowest BCUT2D eigenvalue weighted by atomic mass is 10.2. The number of allylic oxidation sites excluding steroid dienone is 2. The lowest BCUT2D eigenvalue weighted by Gasteiger charge is -2.08. The van der Waals surface area contributed by atoms with Gasteiger partial charge in [0.1, 0.15) is 0 Å². The Morgan fingerprint density at radius 2 is 2.08 bits per heavy atom. The molecule has 0 aliphatic carbocycles. The first-order valence-corrected chi connectivity index (χ1v) is 4.39. The van der Waals surface area contributed by atoms with E-state index in [2.05, 4.69) is 31.0 Å². The standard InChI is InChI=1S/C12H15N/c1-4-11(5-2)13-12-9-7-6-8-10(12)3/h4-9,13H,1H2,2-3H3/b11-5+. The highest BCUT2D eigenvalue weighted by Crippen LogP contribution is 2.15. The highest BCUT2D eigenvalue weighted by molar-refractivity contribution is 5.55. The fourth-order valence-corrected chi connectivity index (χ4v) is 1.11. The summed E-state index contributed by atoms with van der Waals surface area (Å²) in [4.78, 5) is 0. The molecule has 0 aliphatic heterocycles. The largest absolute Gasteiger partial charge is 0.356 e. The minimum atomic E-state index is 1.04. The summed E-state index contributed by atoms with van der Waals surface area (Å²) >= 11 is 0. The molecule has 0 radical (unpaired) electrons. The average Bonchev–Trinajstić information content (AvgIpc) is 2.17. The zero-order valence-corrected chi connectivity index (χ0v) is 8.17. The fraction of sp³-hybridized carbons (Fsp3) is 0.167. The number of aryl methyl sites for hydroxylation is 1. The number of hydrogen-bond donors (Lipinski definition) is 1. The van der Waals surface area contributed by atoms with Crippen LogP contribution in [-0.4, -0.2) is 0 Å². The van der Waals surface area contributed by atoms with Gasteiger partial charge in [-0.3, -0.25) is 0 Å². The Hall–Kier alpha value is -1.50. The van der Waals surface area contributed by atoms with Gasteiger partial charge in [0, 0.05) is 11.4 Å². The molecule has 0 aliphatic rings. The molecule has 0 fully saturated rings.